The number of hydrogen-bond donors (Lipinski definition) is 2. The van der Waals surface area contributed by atoms with E-state index in [-0.39, 0.29) is 47.0 Å². The van der Waals surface area contributed by atoms with Crippen LogP contribution >= 0.6 is 11.6 Å². The molecule has 2 atom stereocenters. The van der Waals surface area contributed by atoms with E-state index in [0.717, 1.165) is 28.0 Å². The Morgan fingerprint density at radius 3 is 2.59 bits per heavy atom. The molecule has 1 aromatic heterocycles. The first kappa shape index (κ1) is 35.8. The van der Waals surface area contributed by atoms with Crippen LogP contribution in [0.4, 0.5) is 24.7 Å². The van der Waals surface area contributed by atoms with Crippen molar-refractivity contribution in [1.29, 1.82) is 5.26 Å². The Morgan fingerprint density at radius 1 is 1.18 bits per heavy atom. The van der Waals surface area contributed by atoms with Gasteiger partial charge in [0.15, 0.2) is 0 Å². The van der Waals surface area contributed by atoms with Crippen LogP contribution in [0, 0.1) is 17.1 Å². The van der Waals surface area contributed by atoms with E-state index in [1.165, 1.54) is 36.5 Å². The number of nitrogens with one attached hydrogen (secondary N) is 2. The quantitative estimate of drug-likeness (QED) is 0.250. The first-order valence-electron chi connectivity index (χ1n) is 15.5. The van der Waals surface area contributed by atoms with Crippen molar-refractivity contribution in [2.24, 2.45) is 0 Å². The second-order valence-electron chi connectivity index (χ2n) is 11.8. The Balaban J connectivity index is 1.68. The Kier molecular flexibility index (Phi) is 10.6. The smallest absolute Gasteiger partial charge is 0.252 e. The van der Waals surface area contributed by atoms with Gasteiger partial charge in [-0.25, -0.2) is 31.3 Å². The van der Waals surface area contributed by atoms with E-state index in [0.29, 0.717) is 12.8 Å². The van der Waals surface area contributed by atoms with Gasteiger partial charge in [-0.1, -0.05) is 43.1 Å². The van der Waals surface area contributed by atoms with Gasteiger partial charge in [0, 0.05) is 54.3 Å². The summed E-state index contributed by atoms with van der Waals surface area (Å²) in [5.41, 5.74) is -0.205. The zero-order chi connectivity index (χ0) is 35.5. The average Bonchev–Trinajstić information content (AvgIpc) is 3.43. The molecule has 2 aliphatic rings. The fraction of sp³-hybridized carbons (Fsp3) is 0.364. The van der Waals surface area contributed by atoms with Crippen molar-refractivity contribution in [3.63, 3.8) is 0 Å². The highest BCUT2D eigenvalue weighted by atomic mass is 35.5. The van der Waals surface area contributed by atoms with Crippen LogP contribution in [0.1, 0.15) is 62.6 Å². The molecular weight excluding hydrogens is 685 g/mol. The van der Waals surface area contributed by atoms with Crippen LogP contribution in [-0.2, 0) is 24.4 Å². The summed E-state index contributed by atoms with van der Waals surface area (Å²) in [6.45, 7) is 1.91. The highest BCUT2D eigenvalue weighted by Gasteiger charge is 2.49. The number of carbonyl (C=O) groups excluding carboxylic acids is 3. The van der Waals surface area contributed by atoms with Crippen LogP contribution in [0.25, 0.3) is 0 Å². The minimum absolute atomic E-state index is 0.00684. The summed E-state index contributed by atoms with van der Waals surface area (Å²) in [5, 5.41) is 12.0. The SMILES string of the molecule is CCCCNS(=O)(=O)c1cc(F)cc(N(C(=O)[C@@H]2CCC(=O)N2c2cc(C#N)ccn2)C(C(=O)NC2CC(F)(F)C2)c2ccccc2Cl)c1. The second kappa shape index (κ2) is 14.5. The van der Waals surface area contributed by atoms with Gasteiger partial charge in [-0.15, -0.1) is 0 Å². The predicted molar refractivity (Wildman–Crippen MR) is 174 cm³/mol. The van der Waals surface area contributed by atoms with Crippen molar-refractivity contribution >= 4 is 50.9 Å². The summed E-state index contributed by atoms with van der Waals surface area (Å²) in [7, 11) is -4.31. The van der Waals surface area contributed by atoms with Gasteiger partial charge in [-0.05, 0) is 49.2 Å². The third-order valence-corrected chi connectivity index (χ3v) is 10.1. The summed E-state index contributed by atoms with van der Waals surface area (Å²) >= 11 is 6.55. The third kappa shape index (κ3) is 7.87. The molecule has 1 aliphatic carbocycles. The lowest BCUT2D eigenvalue weighted by atomic mass is 9.87. The Bertz CT molecular complexity index is 1920. The van der Waals surface area contributed by atoms with Crippen molar-refractivity contribution in [3.8, 4) is 6.07 Å². The molecule has 1 saturated carbocycles. The molecule has 0 spiro atoms. The Morgan fingerprint density at radius 2 is 1.92 bits per heavy atom. The number of carbonyl (C=O) groups is 3. The molecule has 2 N–H and O–H groups in total. The summed E-state index contributed by atoms with van der Waals surface area (Å²) in [5.74, 6) is -6.51. The number of aromatic nitrogens is 1. The molecule has 1 aliphatic heterocycles. The van der Waals surface area contributed by atoms with Crippen molar-refractivity contribution in [2.45, 2.75) is 74.4 Å². The monoisotopic (exact) mass is 716 g/mol. The van der Waals surface area contributed by atoms with Gasteiger partial charge < -0.3 is 5.32 Å². The van der Waals surface area contributed by atoms with E-state index in [4.69, 9.17) is 11.6 Å². The van der Waals surface area contributed by atoms with Crippen molar-refractivity contribution < 1.29 is 36.0 Å². The van der Waals surface area contributed by atoms with Gasteiger partial charge >= 0.3 is 0 Å². The summed E-state index contributed by atoms with van der Waals surface area (Å²) in [6.07, 6.45) is 0.920. The zero-order valence-electron chi connectivity index (χ0n) is 26.2. The number of alkyl halides is 2. The van der Waals surface area contributed by atoms with Crippen molar-refractivity contribution in [3.05, 3.63) is 82.8 Å². The van der Waals surface area contributed by atoms with Gasteiger partial charge in [0.25, 0.3) is 11.8 Å². The van der Waals surface area contributed by atoms with E-state index in [9.17, 15) is 36.8 Å². The number of halogens is 4. The maximum atomic E-state index is 15.4. The standard InChI is InChI=1S/C33H32ClF3N6O5S/c1-2-3-11-40-49(47,48)24-15-21(35)14-23(16-24)42(32(46)27-8-9-29(44)43(27)28-13-20(19-38)10-12-39-28)30(25-6-4-5-7-26(25)34)31(45)41-22-17-33(36,37)18-22/h4-7,10,12-16,22,27,30,40H,2-3,8-9,11,17-18H2,1H3,(H,41,45)/t27-,30?/m0/s1. The number of rotatable bonds is 12. The summed E-state index contributed by atoms with van der Waals surface area (Å²) in [6, 6.07) is 9.13. The van der Waals surface area contributed by atoms with Crippen LogP contribution in [-0.4, -0.2) is 55.7 Å². The van der Waals surface area contributed by atoms with E-state index in [1.54, 1.807) is 6.07 Å². The van der Waals surface area contributed by atoms with Gasteiger partial charge in [0.1, 0.15) is 23.7 Å². The summed E-state index contributed by atoms with van der Waals surface area (Å²) in [4.78, 5) is 47.7. The maximum Gasteiger partial charge on any atom is 0.252 e. The van der Waals surface area contributed by atoms with E-state index in [2.05, 4.69) is 15.0 Å². The molecule has 1 saturated heterocycles. The first-order valence-corrected chi connectivity index (χ1v) is 17.3. The molecule has 16 heteroatoms. The van der Waals surface area contributed by atoms with Crippen LogP contribution in [0.2, 0.25) is 5.02 Å². The molecule has 0 bridgehead atoms. The van der Waals surface area contributed by atoms with E-state index < -0.39 is 75.3 Å². The zero-order valence-corrected chi connectivity index (χ0v) is 27.8. The fourth-order valence-corrected chi connectivity index (χ4v) is 7.20. The number of sulfonamides is 1. The topological polar surface area (TPSA) is 153 Å². The summed E-state index contributed by atoms with van der Waals surface area (Å²) < 4.78 is 71.8. The van der Waals surface area contributed by atoms with Gasteiger partial charge in [-0.2, -0.15) is 5.26 Å². The van der Waals surface area contributed by atoms with Crippen LogP contribution in [0.15, 0.2) is 65.7 Å². The lowest BCUT2D eigenvalue weighted by Gasteiger charge is -2.39. The van der Waals surface area contributed by atoms with Crippen LogP contribution in [0.3, 0.4) is 0 Å². The lowest BCUT2D eigenvalue weighted by molar-refractivity contribution is -0.133. The third-order valence-electron chi connectivity index (χ3n) is 8.27. The molecule has 49 heavy (non-hydrogen) atoms. The number of benzene rings is 2. The first-order chi connectivity index (χ1) is 23.2. The molecule has 2 aromatic carbocycles. The fourth-order valence-electron chi connectivity index (χ4n) is 5.84. The number of hydrogen-bond acceptors (Lipinski definition) is 7. The Labute approximate surface area is 286 Å². The molecule has 5 rings (SSSR count). The predicted octanol–water partition coefficient (Wildman–Crippen LogP) is 5.01. The molecule has 11 nitrogen and oxygen atoms in total. The number of anilines is 2. The molecule has 2 fully saturated rings. The number of nitriles is 1. The van der Waals surface area contributed by atoms with Crippen molar-refractivity contribution in [2.75, 3.05) is 16.3 Å². The number of pyridine rings is 1. The van der Waals surface area contributed by atoms with Crippen LogP contribution < -0.4 is 19.8 Å². The maximum absolute atomic E-state index is 15.4. The van der Waals surface area contributed by atoms with Gasteiger partial charge in [0.05, 0.1) is 16.5 Å². The highest BCUT2D eigenvalue weighted by molar-refractivity contribution is 7.89. The van der Waals surface area contributed by atoms with Crippen molar-refractivity contribution in [1.82, 2.24) is 15.0 Å². The minimum atomic E-state index is -4.31. The Hall–Kier alpha value is -4.52. The second-order valence-corrected chi connectivity index (χ2v) is 14.0. The lowest BCUT2D eigenvalue weighted by Crippen LogP contribution is -2.56. The molecule has 2 heterocycles. The molecule has 3 aromatic rings. The molecule has 3 amide bonds. The molecule has 0 radical (unpaired) electrons. The van der Waals surface area contributed by atoms with E-state index >= 15 is 4.39 Å². The number of nitrogens with zero attached hydrogens (tertiary/aromatic N) is 4. The minimum Gasteiger partial charge on any atom is -0.351 e. The number of amides is 3. The molecular formula is C33H32ClF3N6O5S. The molecule has 258 valence electrons. The number of unbranched alkanes of at least 4 members (excludes halogenated alkanes) is 1. The normalized spacial score (nSPS) is 18.0. The van der Waals surface area contributed by atoms with Gasteiger partial charge in [-0.3, -0.25) is 24.2 Å². The van der Waals surface area contributed by atoms with E-state index in [1.807, 2.05) is 13.0 Å². The largest absolute Gasteiger partial charge is 0.351 e. The molecule has 1 unspecified atom stereocenters. The van der Waals surface area contributed by atoms with Gasteiger partial charge in [0.2, 0.25) is 21.8 Å². The highest BCUT2D eigenvalue weighted by Crippen LogP contribution is 2.40. The van der Waals surface area contributed by atoms with Crippen LogP contribution in [0.5, 0.6) is 0 Å². The average molecular weight is 717 g/mol.